The Hall–Kier alpha value is -4.72. The first-order chi connectivity index (χ1) is 20.5. The minimum Gasteiger partial charge on any atom is -0.497 e. The fourth-order valence-corrected chi connectivity index (χ4v) is 5.66. The van der Waals surface area contributed by atoms with Crippen molar-refractivity contribution in [1.82, 2.24) is 9.99 Å². The van der Waals surface area contributed by atoms with Gasteiger partial charge in [-0.1, -0.05) is 84.4 Å². The number of halogens is 1. The minimum atomic E-state index is -0.881. The van der Waals surface area contributed by atoms with E-state index in [0.717, 1.165) is 22.1 Å². The maximum Gasteiger partial charge on any atom is 0.276 e. The van der Waals surface area contributed by atoms with E-state index in [9.17, 15) is 9.59 Å². The Labute approximate surface area is 248 Å². The number of methoxy groups -OCH3 is 2. The first-order valence-electron chi connectivity index (χ1n) is 13.5. The topological polar surface area (TPSA) is 84.0 Å². The van der Waals surface area contributed by atoms with E-state index in [1.54, 1.807) is 19.2 Å². The Kier molecular flexibility index (Phi) is 7.61. The number of benzene rings is 4. The van der Waals surface area contributed by atoms with Gasteiger partial charge >= 0.3 is 0 Å². The van der Waals surface area contributed by atoms with Crippen LogP contribution in [-0.4, -0.2) is 35.8 Å². The quantitative estimate of drug-likeness (QED) is 0.227. The van der Waals surface area contributed by atoms with Crippen LogP contribution in [0.2, 0.25) is 5.02 Å². The smallest absolute Gasteiger partial charge is 0.276 e. The molecule has 4 aromatic carbocycles. The Morgan fingerprint density at radius 2 is 1.67 bits per heavy atom. The lowest BCUT2D eigenvalue weighted by molar-refractivity contribution is -0.144. The summed E-state index contributed by atoms with van der Waals surface area (Å²) in [6.45, 7) is 0. The van der Waals surface area contributed by atoms with Crippen molar-refractivity contribution in [3.63, 3.8) is 0 Å². The summed E-state index contributed by atoms with van der Waals surface area (Å²) < 4.78 is 11.2. The molecule has 1 aromatic heterocycles. The van der Waals surface area contributed by atoms with Crippen molar-refractivity contribution in [1.29, 1.82) is 0 Å². The number of carbonyl (C=O) groups excluding carboxylic acids is 1. The number of hydrazone groups is 1. The number of pyridine rings is 1. The molecule has 210 valence electrons. The molecule has 0 aliphatic carbocycles. The molecule has 7 nitrogen and oxygen atoms in total. The summed E-state index contributed by atoms with van der Waals surface area (Å²) in [5, 5.41) is 7.77. The van der Waals surface area contributed by atoms with Gasteiger partial charge < -0.3 is 14.5 Å². The number of hydrogen-bond acceptors (Lipinski definition) is 5. The lowest BCUT2D eigenvalue weighted by Crippen LogP contribution is -2.32. The maximum absolute atomic E-state index is 14.1. The Morgan fingerprint density at radius 1 is 0.929 bits per heavy atom. The van der Waals surface area contributed by atoms with Gasteiger partial charge in [-0.25, -0.2) is 5.01 Å². The maximum atomic E-state index is 14.1. The Morgan fingerprint density at radius 3 is 2.40 bits per heavy atom. The molecule has 1 amide bonds. The van der Waals surface area contributed by atoms with Crippen LogP contribution in [0.25, 0.3) is 22.0 Å². The van der Waals surface area contributed by atoms with Gasteiger partial charge in [0.15, 0.2) is 6.10 Å². The van der Waals surface area contributed by atoms with Crippen molar-refractivity contribution in [2.24, 2.45) is 5.10 Å². The monoisotopic (exact) mass is 577 g/mol. The van der Waals surface area contributed by atoms with E-state index in [-0.39, 0.29) is 11.5 Å². The van der Waals surface area contributed by atoms with Gasteiger partial charge in [-0.3, -0.25) is 9.59 Å². The van der Waals surface area contributed by atoms with Gasteiger partial charge in [0.2, 0.25) is 0 Å². The number of fused-ring (bicyclic) bond motifs is 1. The van der Waals surface area contributed by atoms with Crippen LogP contribution < -0.4 is 10.3 Å². The molecule has 5 aromatic rings. The summed E-state index contributed by atoms with van der Waals surface area (Å²) >= 11 is 6.22. The van der Waals surface area contributed by atoms with Crippen molar-refractivity contribution in [3.05, 3.63) is 135 Å². The number of nitrogens with zero attached hydrogens (tertiary/aromatic N) is 2. The van der Waals surface area contributed by atoms with E-state index in [4.69, 9.17) is 26.2 Å². The van der Waals surface area contributed by atoms with Crippen molar-refractivity contribution in [2.75, 3.05) is 14.2 Å². The van der Waals surface area contributed by atoms with E-state index < -0.39 is 12.1 Å². The van der Waals surface area contributed by atoms with Crippen LogP contribution in [-0.2, 0) is 9.53 Å². The third-order valence-corrected chi connectivity index (χ3v) is 7.77. The molecule has 42 heavy (non-hydrogen) atoms. The summed E-state index contributed by atoms with van der Waals surface area (Å²) in [5.41, 5.74) is 4.41. The molecule has 0 bridgehead atoms. The normalized spacial score (nSPS) is 15.5. The molecule has 0 saturated carbocycles. The standard InChI is InChI=1S/C34H28ClN3O4/c1-41-25-12-8-11-23(19-25)29-20-28(37-38(29)34(40)32(42-2)22-9-4-3-5-10-22)31-30(21-15-17-24(35)18-16-21)26-13-6-7-14-27(26)36-33(31)39/h3-19,29,32H,20H2,1-2H3,(H,36,39)/t29-,32-/m0/s1. The molecule has 6 rings (SSSR count). The number of hydrogen-bond donors (Lipinski definition) is 1. The molecule has 2 heterocycles. The second kappa shape index (κ2) is 11.6. The molecule has 0 radical (unpaired) electrons. The Bertz CT molecular complexity index is 1850. The van der Waals surface area contributed by atoms with E-state index in [0.29, 0.717) is 39.5 Å². The molecule has 8 heteroatoms. The molecule has 0 unspecified atom stereocenters. The molecule has 2 atom stereocenters. The highest BCUT2D eigenvalue weighted by molar-refractivity contribution is 6.30. The van der Waals surface area contributed by atoms with Crippen LogP contribution in [0.15, 0.2) is 113 Å². The zero-order valence-electron chi connectivity index (χ0n) is 23.1. The van der Waals surface area contributed by atoms with Gasteiger partial charge in [0.25, 0.3) is 11.5 Å². The SMILES string of the molecule is COc1cccc([C@@H]2CC(c3c(-c4ccc(Cl)cc4)c4ccccc4[nH]c3=O)=NN2C(=O)[C@@H](OC)c2ccccc2)c1. The third kappa shape index (κ3) is 5.09. The number of ether oxygens (including phenoxy) is 2. The average molecular weight is 578 g/mol. The molecule has 0 spiro atoms. The fourth-order valence-electron chi connectivity index (χ4n) is 5.54. The largest absolute Gasteiger partial charge is 0.497 e. The van der Waals surface area contributed by atoms with Crippen LogP contribution in [0.1, 0.15) is 35.3 Å². The number of aromatic amines is 1. The summed E-state index contributed by atoms with van der Waals surface area (Å²) in [6, 6.07) is 31.4. The van der Waals surface area contributed by atoms with Gasteiger partial charge in [0, 0.05) is 35.0 Å². The van der Waals surface area contributed by atoms with E-state index in [2.05, 4.69) is 4.98 Å². The van der Waals surface area contributed by atoms with Crippen LogP contribution in [0.3, 0.4) is 0 Å². The number of aromatic nitrogens is 1. The number of nitrogens with one attached hydrogen (secondary N) is 1. The predicted octanol–water partition coefficient (Wildman–Crippen LogP) is 6.92. The molecular weight excluding hydrogens is 550 g/mol. The van der Waals surface area contributed by atoms with Gasteiger partial charge in [-0.05, 0) is 47.0 Å². The first-order valence-corrected chi connectivity index (χ1v) is 13.9. The second-order valence-electron chi connectivity index (χ2n) is 10.0. The zero-order chi connectivity index (χ0) is 29.2. The highest BCUT2D eigenvalue weighted by Gasteiger charge is 2.39. The van der Waals surface area contributed by atoms with E-state index >= 15 is 0 Å². The van der Waals surface area contributed by atoms with E-state index in [1.807, 2.05) is 91.0 Å². The number of amides is 1. The average Bonchev–Trinajstić information content (AvgIpc) is 3.47. The van der Waals surface area contributed by atoms with Gasteiger partial charge in [0.1, 0.15) is 5.75 Å². The van der Waals surface area contributed by atoms with Crippen molar-refractivity contribution in [3.8, 4) is 16.9 Å². The molecular formula is C34H28ClN3O4. The second-order valence-corrected chi connectivity index (χ2v) is 10.4. The van der Waals surface area contributed by atoms with Gasteiger partial charge in [-0.15, -0.1) is 0 Å². The van der Waals surface area contributed by atoms with Gasteiger partial charge in [-0.2, -0.15) is 5.10 Å². The highest BCUT2D eigenvalue weighted by Crippen LogP contribution is 2.39. The molecule has 1 aliphatic heterocycles. The first kappa shape index (κ1) is 27.4. The van der Waals surface area contributed by atoms with Crippen molar-refractivity contribution < 1.29 is 14.3 Å². The fraction of sp³-hybridized carbons (Fsp3) is 0.147. The van der Waals surface area contributed by atoms with Crippen LogP contribution in [0, 0.1) is 0 Å². The van der Waals surface area contributed by atoms with E-state index in [1.165, 1.54) is 12.1 Å². The molecule has 0 saturated heterocycles. The minimum absolute atomic E-state index is 0.289. The highest BCUT2D eigenvalue weighted by atomic mass is 35.5. The van der Waals surface area contributed by atoms with Crippen molar-refractivity contribution in [2.45, 2.75) is 18.6 Å². The van der Waals surface area contributed by atoms with Crippen molar-refractivity contribution >= 4 is 34.1 Å². The summed E-state index contributed by atoms with van der Waals surface area (Å²) in [5.74, 6) is 0.321. The molecule has 0 fully saturated rings. The van der Waals surface area contributed by atoms with Crippen LogP contribution >= 0.6 is 11.6 Å². The number of rotatable bonds is 7. The predicted molar refractivity (Wildman–Crippen MR) is 165 cm³/mol. The van der Waals surface area contributed by atoms with Crippen LogP contribution in [0.5, 0.6) is 5.75 Å². The summed E-state index contributed by atoms with van der Waals surface area (Å²) in [4.78, 5) is 31.0. The zero-order valence-corrected chi connectivity index (χ0v) is 23.8. The molecule has 1 aliphatic rings. The lowest BCUT2D eigenvalue weighted by atomic mass is 9.91. The third-order valence-electron chi connectivity index (χ3n) is 7.52. The number of H-pyrrole nitrogens is 1. The number of para-hydroxylation sites is 1. The van der Waals surface area contributed by atoms with Gasteiger partial charge in [0.05, 0.1) is 24.4 Å². The Balaban J connectivity index is 1.54. The lowest BCUT2D eigenvalue weighted by Gasteiger charge is -2.26. The summed E-state index contributed by atoms with van der Waals surface area (Å²) in [7, 11) is 3.10. The number of carbonyl (C=O) groups is 1. The molecule has 1 N–H and O–H groups in total. The van der Waals surface area contributed by atoms with Crippen LogP contribution in [0.4, 0.5) is 0 Å². The summed E-state index contributed by atoms with van der Waals surface area (Å²) in [6.07, 6.45) is -0.570.